The monoisotopic (exact) mass is 301 g/mol. The average molecular weight is 301 g/mol. The molecule has 1 unspecified atom stereocenters. The van der Waals surface area contributed by atoms with Crippen LogP contribution in [-0.4, -0.2) is 13.0 Å². The molecule has 0 aromatic heterocycles. The van der Waals surface area contributed by atoms with E-state index in [-0.39, 0.29) is 24.1 Å². The third-order valence-electron chi connectivity index (χ3n) is 3.61. The van der Waals surface area contributed by atoms with E-state index >= 15 is 0 Å². The molecule has 0 aliphatic carbocycles. The summed E-state index contributed by atoms with van der Waals surface area (Å²) in [5, 5.41) is 2.94. The average Bonchev–Trinajstić information content (AvgIpc) is 2.47. The molecule has 0 radical (unpaired) electrons. The topological polar surface area (TPSA) is 38.3 Å². The maximum Gasteiger partial charge on any atom is 0.224 e. The van der Waals surface area contributed by atoms with E-state index in [4.69, 9.17) is 4.74 Å². The Labute approximate surface area is 130 Å². The Balaban J connectivity index is 2.01. The van der Waals surface area contributed by atoms with Crippen molar-refractivity contribution in [2.75, 3.05) is 7.11 Å². The maximum atomic E-state index is 13.6. The molecule has 0 bridgehead atoms. The van der Waals surface area contributed by atoms with Gasteiger partial charge in [0.2, 0.25) is 5.91 Å². The van der Waals surface area contributed by atoms with Crippen LogP contribution in [0, 0.1) is 12.7 Å². The van der Waals surface area contributed by atoms with Crippen LogP contribution in [0.2, 0.25) is 0 Å². The largest absolute Gasteiger partial charge is 0.494 e. The molecule has 116 valence electrons. The van der Waals surface area contributed by atoms with E-state index in [0.717, 1.165) is 11.1 Å². The van der Waals surface area contributed by atoms with Crippen LogP contribution < -0.4 is 10.1 Å². The van der Waals surface area contributed by atoms with Gasteiger partial charge in [-0.25, -0.2) is 4.39 Å². The smallest absolute Gasteiger partial charge is 0.224 e. The summed E-state index contributed by atoms with van der Waals surface area (Å²) in [5.74, 6) is -0.419. The summed E-state index contributed by atoms with van der Waals surface area (Å²) in [6.45, 7) is 3.95. The Morgan fingerprint density at radius 1 is 1.27 bits per heavy atom. The normalized spacial score (nSPS) is 11.8. The number of hydrogen-bond donors (Lipinski definition) is 1. The predicted molar refractivity (Wildman–Crippen MR) is 84.4 cm³/mol. The quantitative estimate of drug-likeness (QED) is 0.917. The summed E-state index contributed by atoms with van der Waals surface area (Å²) in [4.78, 5) is 12.1. The lowest BCUT2D eigenvalue weighted by Gasteiger charge is -2.16. The molecule has 0 aliphatic rings. The number of benzene rings is 2. The van der Waals surface area contributed by atoms with Gasteiger partial charge in [-0.1, -0.05) is 30.3 Å². The van der Waals surface area contributed by atoms with E-state index in [9.17, 15) is 9.18 Å². The number of carbonyl (C=O) groups excluding carboxylic acids is 1. The van der Waals surface area contributed by atoms with Crippen molar-refractivity contribution in [1.82, 2.24) is 5.32 Å². The fourth-order valence-electron chi connectivity index (χ4n) is 2.45. The summed E-state index contributed by atoms with van der Waals surface area (Å²) in [7, 11) is 1.41. The van der Waals surface area contributed by atoms with Crippen molar-refractivity contribution >= 4 is 5.91 Å². The van der Waals surface area contributed by atoms with Gasteiger partial charge in [-0.15, -0.1) is 0 Å². The van der Waals surface area contributed by atoms with Gasteiger partial charge in [0, 0.05) is 0 Å². The lowest BCUT2D eigenvalue weighted by atomic mass is 10.0. The molecule has 2 aromatic rings. The first-order valence-corrected chi connectivity index (χ1v) is 7.18. The number of methoxy groups -OCH3 is 1. The molecule has 2 aromatic carbocycles. The van der Waals surface area contributed by atoms with Gasteiger partial charge >= 0.3 is 0 Å². The molecule has 2 rings (SSSR count). The summed E-state index contributed by atoms with van der Waals surface area (Å²) >= 11 is 0. The molecule has 1 amide bonds. The minimum absolute atomic E-state index is 0.0863. The molecule has 0 aliphatic heterocycles. The minimum atomic E-state index is -0.459. The van der Waals surface area contributed by atoms with Crippen molar-refractivity contribution in [3.8, 4) is 5.75 Å². The molecular formula is C18H20FNO2. The van der Waals surface area contributed by atoms with Crippen LogP contribution in [0.15, 0.2) is 42.5 Å². The minimum Gasteiger partial charge on any atom is -0.494 e. The molecule has 1 atom stereocenters. The van der Waals surface area contributed by atoms with E-state index < -0.39 is 5.82 Å². The number of hydrogen-bond acceptors (Lipinski definition) is 2. The first kappa shape index (κ1) is 16.0. The molecule has 0 spiro atoms. The molecule has 0 saturated heterocycles. The van der Waals surface area contributed by atoms with Crippen LogP contribution >= 0.6 is 0 Å². The lowest BCUT2D eigenvalue weighted by Crippen LogP contribution is -2.28. The highest BCUT2D eigenvalue weighted by molar-refractivity contribution is 5.79. The van der Waals surface area contributed by atoms with E-state index in [0.29, 0.717) is 5.56 Å². The van der Waals surface area contributed by atoms with Gasteiger partial charge in [0.05, 0.1) is 19.6 Å². The Hall–Kier alpha value is -2.36. The van der Waals surface area contributed by atoms with Gasteiger partial charge < -0.3 is 10.1 Å². The zero-order valence-electron chi connectivity index (χ0n) is 13.0. The molecular weight excluding hydrogens is 281 g/mol. The second-order valence-electron chi connectivity index (χ2n) is 5.29. The Morgan fingerprint density at radius 2 is 2.00 bits per heavy atom. The van der Waals surface area contributed by atoms with E-state index in [1.54, 1.807) is 6.07 Å². The molecule has 0 fully saturated rings. The fourth-order valence-corrected chi connectivity index (χ4v) is 2.45. The van der Waals surface area contributed by atoms with Gasteiger partial charge in [0.1, 0.15) is 0 Å². The highest BCUT2D eigenvalue weighted by atomic mass is 19.1. The SMILES string of the molecule is COc1ccc(CC(=O)NC(C)c2ccccc2C)cc1F. The fraction of sp³-hybridized carbons (Fsp3) is 0.278. The van der Waals surface area contributed by atoms with Crippen LogP contribution in [-0.2, 0) is 11.2 Å². The second-order valence-corrected chi connectivity index (χ2v) is 5.29. The number of amides is 1. The highest BCUT2D eigenvalue weighted by Gasteiger charge is 2.12. The van der Waals surface area contributed by atoms with Gasteiger partial charge in [-0.3, -0.25) is 4.79 Å². The third kappa shape index (κ3) is 3.85. The zero-order valence-corrected chi connectivity index (χ0v) is 13.0. The van der Waals surface area contributed by atoms with Gasteiger partial charge in [0.15, 0.2) is 11.6 Å². The summed E-state index contributed by atoms with van der Waals surface area (Å²) < 4.78 is 18.5. The van der Waals surface area contributed by atoms with Gasteiger partial charge in [0.25, 0.3) is 0 Å². The molecule has 0 saturated carbocycles. The summed E-state index contributed by atoms with van der Waals surface area (Å²) in [5.41, 5.74) is 2.83. The number of halogens is 1. The molecule has 3 nitrogen and oxygen atoms in total. The Kier molecular flexibility index (Phi) is 5.15. The zero-order chi connectivity index (χ0) is 16.1. The first-order chi connectivity index (χ1) is 10.5. The number of nitrogens with one attached hydrogen (secondary N) is 1. The van der Waals surface area contributed by atoms with Gasteiger partial charge in [-0.05, 0) is 42.7 Å². The molecule has 1 N–H and O–H groups in total. The maximum absolute atomic E-state index is 13.6. The van der Waals surface area contributed by atoms with Crippen molar-refractivity contribution in [3.63, 3.8) is 0 Å². The van der Waals surface area contributed by atoms with Crippen LogP contribution in [0.4, 0.5) is 4.39 Å². The van der Waals surface area contributed by atoms with Gasteiger partial charge in [-0.2, -0.15) is 0 Å². The van der Waals surface area contributed by atoms with E-state index in [2.05, 4.69) is 5.32 Å². The predicted octanol–water partition coefficient (Wildman–Crippen LogP) is 3.56. The molecule has 4 heteroatoms. The second kappa shape index (κ2) is 7.07. The third-order valence-corrected chi connectivity index (χ3v) is 3.61. The number of ether oxygens (including phenoxy) is 1. The Bertz CT molecular complexity index is 670. The van der Waals surface area contributed by atoms with E-state index in [1.807, 2.05) is 38.1 Å². The molecule has 0 heterocycles. The van der Waals surface area contributed by atoms with Crippen LogP contribution in [0.3, 0.4) is 0 Å². The first-order valence-electron chi connectivity index (χ1n) is 7.18. The van der Waals surface area contributed by atoms with Crippen molar-refractivity contribution in [2.45, 2.75) is 26.3 Å². The van der Waals surface area contributed by atoms with Crippen LogP contribution in [0.5, 0.6) is 5.75 Å². The lowest BCUT2D eigenvalue weighted by molar-refractivity contribution is -0.121. The van der Waals surface area contributed by atoms with Crippen LogP contribution in [0.25, 0.3) is 0 Å². The van der Waals surface area contributed by atoms with Crippen molar-refractivity contribution in [1.29, 1.82) is 0 Å². The highest BCUT2D eigenvalue weighted by Crippen LogP contribution is 2.19. The summed E-state index contributed by atoms with van der Waals surface area (Å²) in [6.07, 6.45) is 0.136. The number of rotatable bonds is 5. The number of aryl methyl sites for hydroxylation is 1. The molecule has 22 heavy (non-hydrogen) atoms. The van der Waals surface area contributed by atoms with Crippen LogP contribution in [0.1, 0.15) is 29.7 Å². The van der Waals surface area contributed by atoms with Crippen molar-refractivity contribution < 1.29 is 13.9 Å². The Morgan fingerprint density at radius 3 is 2.64 bits per heavy atom. The van der Waals surface area contributed by atoms with Crippen molar-refractivity contribution in [3.05, 3.63) is 65.0 Å². The number of carbonyl (C=O) groups is 1. The standard InChI is InChI=1S/C18H20FNO2/c1-12-6-4-5-7-15(12)13(2)20-18(21)11-14-8-9-17(22-3)16(19)10-14/h4-10,13H,11H2,1-3H3,(H,20,21). The van der Waals surface area contributed by atoms with Crippen molar-refractivity contribution in [2.24, 2.45) is 0 Å². The summed E-state index contributed by atoms with van der Waals surface area (Å²) in [6, 6.07) is 12.4. The van der Waals surface area contributed by atoms with E-state index in [1.165, 1.54) is 19.2 Å².